The van der Waals surface area contributed by atoms with Crippen molar-refractivity contribution in [3.63, 3.8) is 0 Å². The molecule has 2 nitrogen and oxygen atoms in total. The summed E-state index contributed by atoms with van der Waals surface area (Å²) in [6.45, 7) is 6.66. The third-order valence-corrected chi connectivity index (χ3v) is 4.92. The molecule has 1 saturated heterocycles. The van der Waals surface area contributed by atoms with Crippen molar-refractivity contribution in [1.82, 2.24) is 0 Å². The van der Waals surface area contributed by atoms with E-state index in [1.165, 1.54) is 21.9 Å². The van der Waals surface area contributed by atoms with Gasteiger partial charge in [-0.25, -0.2) is 0 Å². The first kappa shape index (κ1) is 18.3. The summed E-state index contributed by atoms with van der Waals surface area (Å²) in [5.41, 5.74) is 2.19. The van der Waals surface area contributed by atoms with Gasteiger partial charge in [0.2, 0.25) is 0 Å². The fraction of sp³-hybridized carbons (Fsp3) is 0.409. The fourth-order valence-electron chi connectivity index (χ4n) is 3.91. The van der Waals surface area contributed by atoms with Crippen molar-refractivity contribution in [1.29, 1.82) is 0 Å². The highest BCUT2D eigenvalue weighted by molar-refractivity contribution is 5.84. The van der Waals surface area contributed by atoms with Gasteiger partial charge in [0.05, 0.1) is 12.0 Å². The van der Waals surface area contributed by atoms with Crippen LogP contribution in [-0.2, 0) is 16.0 Å². The standard InChI is InChI=1S/C19H18O2.C2H6.CH4/c1-13-8-17-12-21-18(20)19(17,10-13)11-14-6-7-15-4-2-3-5-16(15)9-14;1-2;/h2-9,17H,10-12H2,1H3;1-2H3;1H4. The predicted octanol–water partition coefficient (Wildman–Crippen LogP) is 5.55. The molecular weight excluding hydrogens is 296 g/mol. The Morgan fingerprint density at radius 1 is 1.12 bits per heavy atom. The maximum atomic E-state index is 12.3. The SMILES string of the molecule is C.CC.CC1=CC2COC(=O)C2(Cc2ccc3ccccc3c2)C1. The van der Waals surface area contributed by atoms with Crippen LogP contribution in [0.25, 0.3) is 10.8 Å². The highest BCUT2D eigenvalue weighted by Gasteiger charge is 2.54. The Balaban J connectivity index is 0.000000670. The minimum Gasteiger partial charge on any atom is -0.465 e. The van der Waals surface area contributed by atoms with Gasteiger partial charge in [-0.15, -0.1) is 0 Å². The molecule has 2 unspecified atom stereocenters. The molecule has 2 aromatic rings. The number of hydrogen-bond acceptors (Lipinski definition) is 2. The number of ether oxygens (including phenoxy) is 1. The van der Waals surface area contributed by atoms with Crippen molar-refractivity contribution in [2.75, 3.05) is 6.61 Å². The van der Waals surface area contributed by atoms with E-state index in [9.17, 15) is 4.79 Å². The summed E-state index contributed by atoms with van der Waals surface area (Å²) in [7, 11) is 0. The topological polar surface area (TPSA) is 26.3 Å². The van der Waals surface area contributed by atoms with E-state index >= 15 is 0 Å². The second-order valence-corrected chi connectivity index (χ2v) is 6.41. The Kier molecular flexibility index (Phi) is 5.48. The van der Waals surface area contributed by atoms with Crippen LogP contribution >= 0.6 is 0 Å². The molecule has 128 valence electrons. The van der Waals surface area contributed by atoms with E-state index in [0.29, 0.717) is 6.61 Å². The molecule has 2 aromatic carbocycles. The molecule has 0 spiro atoms. The molecule has 0 saturated carbocycles. The number of rotatable bonds is 2. The molecular formula is C22H28O2. The molecule has 0 N–H and O–H groups in total. The number of allylic oxidation sites excluding steroid dienone is 1. The number of carbonyl (C=O) groups excluding carboxylic acids is 1. The molecule has 1 aliphatic carbocycles. The van der Waals surface area contributed by atoms with Crippen molar-refractivity contribution in [2.45, 2.75) is 41.0 Å². The molecule has 2 aliphatic rings. The maximum absolute atomic E-state index is 12.3. The molecule has 0 bridgehead atoms. The smallest absolute Gasteiger partial charge is 0.313 e. The van der Waals surface area contributed by atoms with Gasteiger partial charge < -0.3 is 4.74 Å². The molecule has 4 rings (SSSR count). The van der Waals surface area contributed by atoms with Crippen molar-refractivity contribution in [2.24, 2.45) is 11.3 Å². The third kappa shape index (κ3) is 2.98. The van der Waals surface area contributed by atoms with Crippen molar-refractivity contribution < 1.29 is 9.53 Å². The average Bonchev–Trinajstić information content (AvgIpc) is 3.04. The quantitative estimate of drug-likeness (QED) is 0.534. The molecule has 1 fully saturated rings. The van der Waals surface area contributed by atoms with E-state index in [4.69, 9.17) is 4.74 Å². The first-order valence-corrected chi connectivity index (χ1v) is 8.50. The Morgan fingerprint density at radius 2 is 1.83 bits per heavy atom. The minimum atomic E-state index is -0.355. The zero-order chi connectivity index (χ0) is 16.4. The van der Waals surface area contributed by atoms with Gasteiger partial charge in [-0.2, -0.15) is 0 Å². The van der Waals surface area contributed by atoms with Crippen LogP contribution in [0.5, 0.6) is 0 Å². The van der Waals surface area contributed by atoms with E-state index in [1.54, 1.807) is 0 Å². The third-order valence-electron chi connectivity index (χ3n) is 4.92. The first-order chi connectivity index (χ1) is 11.2. The summed E-state index contributed by atoms with van der Waals surface area (Å²) >= 11 is 0. The number of benzene rings is 2. The summed E-state index contributed by atoms with van der Waals surface area (Å²) in [4.78, 5) is 12.3. The largest absolute Gasteiger partial charge is 0.465 e. The number of carbonyl (C=O) groups is 1. The number of fused-ring (bicyclic) bond motifs is 2. The van der Waals surface area contributed by atoms with Gasteiger partial charge in [0, 0.05) is 5.92 Å². The second-order valence-electron chi connectivity index (χ2n) is 6.41. The molecule has 1 aliphatic heterocycles. The van der Waals surface area contributed by atoms with Crippen LogP contribution in [0.15, 0.2) is 54.1 Å². The lowest BCUT2D eigenvalue weighted by molar-refractivity contribution is -0.146. The monoisotopic (exact) mass is 324 g/mol. The van der Waals surface area contributed by atoms with E-state index < -0.39 is 0 Å². The Hall–Kier alpha value is -2.09. The van der Waals surface area contributed by atoms with Crippen LogP contribution in [0, 0.1) is 11.3 Å². The van der Waals surface area contributed by atoms with E-state index in [0.717, 1.165) is 12.8 Å². The van der Waals surface area contributed by atoms with Gasteiger partial charge in [0.25, 0.3) is 0 Å². The second kappa shape index (κ2) is 7.21. The summed E-state index contributed by atoms with van der Waals surface area (Å²) in [5.74, 6) is 0.227. The number of hydrogen-bond donors (Lipinski definition) is 0. The average molecular weight is 324 g/mol. The molecule has 2 heteroatoms. The Labute approximate surface area is 145 Å². The van der Waals surface area contributed by atoms with Gasteiger partial charge >= 0.3 is 5.97 Å². The van der Waals surface area contributed by atoms with Crippen LogP contribution < -0.4 is 0 Å². The zero-order valence-corrected chi connectivity index (χ0v) is 14.1. The van der Waals surface area contributed by atoms with Crippen LogP contribution in [0.2, 0.25) is 0 Å². The van der Waals surface area contributed by atoms with Crippen LogP contribution in [0.4, 0.5) is 0 Å². The number of cyclic esters (lactones) is 1. The summed E-state index contributed by atoms with van der Waals surface area (Å²) in [5, 5.41) is 2.47. The Morgan fingerprint density at radius 3 is 2.58 bits per heavy atom. The summed E-state index contributed by atoms with van der Waals surface area (Å²) in [6, 6.07) is 14.8. The summed E-state index contributed by atoms with van der Waals surface area (Å²) in [6.07, 6.45) is 3.84. The lowest BCUT2D eigenvalue weighted by atomic mass is 9.74. The minimum absolute atomic E-state index is 0. The zero-order valence-electron chi connectivity index (χ0n) is 14.1. The normalized spacial score (nSPS) is 24.4. The van der Waals surface area contributed by atoms with E-state index in [2.05, 4.69) is 55.5 Å². The predicted molar refractivity (Wildman–Crippen MR) is 101 cm³/mol. The van der Waals surface area contributed by atoms with Crippen LogP contribution in [0.1, 0.15) is 40.2 Å². The van der Waals surface area contributed by atoms with Gasteiger partial charge in [-0.3, -0.25) is 4.79 Å². The molecule has 0 radical (unpaired) electrons. The highest BCUT2D eigenvalue weighted by atomic mass is 16.5. The van der Waals surface area contributed by atoms with Gasteiger partial charge in [-0.1, -0.05) is 75.4 Å². The highest BCUT2D eigenvalue weighted by Crippen LogP contribution is 2.49. The van der Waals surface area contributed by atoms with Crippen molar-refractivity contribution >= 4 is 16.7 Å². The fourth-order valence-corrected chi connectivity index (χ4v) is 3.91. The molecule has 24 heavy (non-hydrogen) atoms. The maximum Gasteiger partial charge on any atom is 0.313 e. The van der Waals surface area contributed by atoms with E-state index in [-0.39, 0.29) is 24.7 Å². The first-order valence-electron chi connectivity index (χ1n) is 8.50. The van der Waals surface area contributed by atoms with Gasteiger partial charge in [0.1, 0.15) is 0 Å². The number of esters is 1. The summed E-state index contributed by atoms with van der Waals surface area (Å²) < 4.78 is 5.35. The molecule has 2 atom stereocenters. The van der Waals surface area contributed by atoms with Crippen molar-refractivity contribution in [3.8, 4) is 0 Å². The molecule has 0 amide bonds. The van der Waals surface area contributed by atoms with Gasteiger partial charge in [-0.05, 0) is 36.1 Å². The molecule has 1 heterocycles. The van der Waals surface area contributed by atoms with Crippen LogP contribution in [-0.4, -0.2) is 12.6 Å². The van der Waals surface area contributed by atoms with E-state index in [1.807, 2.05) is 13.8 Å². The van der Waals surface area contributed by atoms with Crippen LogP contribution in [0.3, 0.4) is 0 Å². The molecule has 0 aromatic heterocycles. The van der Waals surface area contributed by atoms with Crippen molar-refractivity contribution in [3.05, 3.63) is 59.7 Å². The Bertz CT molecular complexity index is 759. The van der Waals surface area contributed by atoms with Gasteiger partial charge in [0.15, 0.2) is 0 Å². The lowest BCUT2D eigenvalue weighted by Gasteiger charge is -2.25. The lowest BCUT2D eigenvalue weighted by Crippen LogP contribution is -2.32.